The second-order valence-electron chi connectivity index (χ2n) is 7.21. The highest BCUT2D eigenvalue weighted by Gasteiger charge is 2.29. The van der Waals surface area contributed by atoms with Gasteiger partial charge in [-0.05, 0) is 54.3 Å². The molecule has 2 N–H and O–H groups in total. The molecule has 1 aromatic heterocycles. The Bertz CT molecular complexity index is 1040. The molecule has 1 heterocycles. The summed E-state index contributed by atoms with van der Waals surface area (Å²) in [4.78, 5) is 26.6. The first-order chi connectivity index (χ1) is 15.4. The summed E-state index contributed by atoms with van der Waals surface area (Å²) in [5, 5.41) is 17.3. The Hall–Kier alpha value is -3.30. The highest BCUT2D eigenvalue weighted by molar-refractivity contribution is 6.30. The Morgan fingerprint density at radius 1 is 1.19 bits per heavy atom. The van der Waals surface area contributed by atoms with E-state index in [1.165, 1.54) is 4.90 Å². The molecule has 0 fully saturated rings. The highest BCUT2D eigenvalue weighted by atomic mass is 35.5. The van der Waals surface area contributed by atoms with Crippen molar-refractivity contribution in [2.24, 2.45) is 0 Å². The van der Waals surface area contributed by atoms with Crippen LogP contribution < -0.4 is 10.2 Å². The summed E-state index contributed by atoms with van der Waals surface area (Å²) in [5.74, 6) is -0.591. The van der Waals surface area contributed by atoms with Gasteiger partial charge in [0.05, 0.1) is 12.6 Å². The number of carbonyl (C=O) groups is 2. The van der Waals surface area contributed by atoms with Gasteiger partial charge in [0.15, 0.2) is 0 Å². The van der Waals surface area contributed by atoms with Crippen LogP contribution in [-0.4, -0.2) is 58.2 Å². The van der Waals surface area contributed by atoms with Gasteiger partial charge in [-0.25, -0.2) is 0 Å². The predicted molar refractivity (Wildman–Crippen MR) is 121 cm³/mol. The molecule has 10 heteroatoms. The fourth-order valence-electron chi connectivity index (χ4n) is 3.22. The Kier molecular flexibility index (Phi) is 7.91. The topological polar surface area (TPSA) is 113 Å². The third kappa shape index (κ3) is 5.89. The van der Waals surface area contributed by atoms with Crippen LogP contribution in [0.1, 0.15) is 19.4 Å². The van der Waals surface area contributed by atoms with Crippen molar-refractivity contribution in [2.75, 3.05) is 18.6 Å². The number of aromatic nitrogens is 4. The molecular weight excluding hydrogens is 432 g/mol. The lowest BCUT2D eigenvalue weighted by atomic mass is 9.99. The largest absolute Gasteiger partial charge is 0.465 e. The minimum absolute atomic E-state index is 0.141. The second kappa shape index (κ2) is 10.8. The zero-order valence-corrected chi connectivity index (χ0v) is 18.8. The van der Waals surface area contributed by atoms with Crippen molar-refractivity contribution in [3.8, 4) is 11.1 Å². The number of carbonyl (C=O) groups excluding carboxylic acids is 2. The normalized spacial score (nSPS) is 12.8. The van der Waals surface area contributed by atoms with E-state index in [1.54, 1.807) is 20.9 Å². The maximum atomic E-state index is 13.2. The fourth-order valence-corrected chi connectivity index (χ4v) is 3.41. The summed E-state index contributed by atoms with van der Waals surface area (Å²) in [7, 11) is 1.55. The molecule has 0 saturated carbocycles. The van der Waals surface area contributed by atoms with Crippen LogP contribution in [0.4, 0.5) is 5.95 Å². The van der Waals surface area contributed by atoms with Crippen molar-refractivity contribution in [2.45, 2.75) is 32.4 Å². The Balaban J connectivity index is 1.79. The van der Waals surface area contributed by atoms with Gasteiger partial charge in [0.2, 0.25) is 5.91 Å². The van der Waals surface area contributed by atoms with Gasteiger partial charge in [0.25, 0.3) is 5.95 Å². The average molecular weight is 457 g/mol. The summed E-state index contributed by atoms with van der Waals surface area (Å²) >= 11 is 6.09. The van der Waals surface area contributed by atoms with Gasteiger partial charge in [0, 0.05) is 12.1 Å². The Morgan fingerprint density at radius 2 is 1.94 bits per heavy atom. The van der Waals surface area contributed by atoms with E-state index in [0.29, 0.717) is 11.4 Å². The quantitative estimate of drug-likeness (QED) is 0.476. The number of halogens is 1. The van der Waals surface area contributed by atoms with Gasteiger partial charge in [0.1, 0.15) is 6.04 Å². The summed E-state index contributed by atoms with van der Waals surface area (Å²) in [6.07, 6.45) is 0.348. The van der Waals surface area contributed by atoms with Crippen LogP contribution in [0.15, 0.2) is 48.5 Å². The van der Waals surface area contributed by atoms with Gasteiger partial charge in [-0.1, -0.05) is 53.1 Å². The van der Waals surface area contributed by atoms with Crippen LogP contribution in [0.25, 0.3) is 11.1 Å². The third-order valence-corrected chi connectivity index (χ3v) is 5.14. The van der Waals surface area contributed by atoms with Crippen LogP contribution in [-0.2, 0) is 20.7 Å². The number of hydrogen-bond donors (Lipinski definition) is 2. The first kappa shape index (κ1) is 23.4. The van der Waals surface area contributed by atoms with Gasteiger partial charge < -0.3 is 4.74 Å². The second-order valence-corrected chi connectivity index (χ2v) is 7.65. The van der Waals surface area contributed by atoms with E-state index in [0.717, 1.165) is 16.7 Å². The monoisotopic (exact) mass is 456 g/mol. The third-order valence-electron chi connectivity index (χ3n) is 4.91. The minimum atomic E-state index is -0.713. The number of anilines is 1. The van der Waals surface area contributed by atoms with Gasteiger partial charge >= 0.3 is 5.97 Å². The maximum absolute atomic E-state index is 13.2. The van der Waals surface area contributed by atoms with E-state index in [2.05, 4.69) is 25.9 Å². The molecule has 168 valence electrons. The number of H-pyrrole nitrogens is 1. The molecule has 32 heavy (non-hydrogen) atoms. The van der Waals surface area contributed by atoms with E-state index in [9.17, 15) is 9.59 Å². The number of tetrazole rings is 1. The lowest BCUT2D eigenvalue weighted by Crippen LogP contribution is -2.52. The summed E-state index contributed by atoms with van der Waals surface area (Å²) in [6.45, 7) is 3.66. The van der Waals surface area contributed by atoms with Gasteiger partial charge in [-0.2, -0.15) is 5.21 Å². The van der Waals surface area contributed by atoms with Crippen molar-refractivity contribution in [3.63, 3.8) is 0 Å². The summed E-state index contributed by atoms with van der Waals surface area (Å²) < 4.78 is 5.06. The number of amides is 1. The molecule has 2 atom stereocenters. The molecule has 0 aliphatic rings. The van der Waals surface area contributed by atoms with E-state index in [-0.39, 0.29) is 18.5 Å². The molecule has 1 amide bonds. The van der Waals surface area contributed by atoms with Crippen molar-refractivity contribution < 1.29 is 14.3 Å². The molecule has 3 aromatic rings. The number of esters is 1. The number of hydrogen-bond acceptors (Lipinski definition) is 7. The molecule has 0 bridgehead atoms. The molecule has 0 radical (unpaired) electrons. The van der Waals surface area contributed by atoms with Crippen LogP contribution >= 0.6 is 11.6 Å². The first-order valence-electron chi connectivity index (χ1n) is 10.2. The Morgan fingerprint density at radius 3 is 2.56 bits per heavy atom. The number of ether oxygens (including phenoxy) is 1. The molecule has 0 aliphatic heterocycles. The molecule has 2 aromatic carbocycles. The van der Waals surface area contributed by atoms with E-state index < -0.39 is 18.1 Å². The van der Waals surface area contributed by atoms with Crippen LogP contribution in [0, 0.1) is 0 Å². The standard InChI is InChI=1S/C22H25ClN6O3/c1-4-32-21(31)14(2)24-19(20(30)29(3)22-25-27-28-26-22)12-15-8-10-16(11-9-15)17-6-5-7-18(23)13-17/h5-11,13-14,19,24H,4,12H2,1-3H3,(H,25,26,27,28)/t14-,19?/m0/s1. The number of nitrogens with one attached hydrogen (secondary N) is 2. The zero-order chi connectivity index (χ0) is 23.1. The van der Waals surface area contributed by atoms with Gasteiger partial charge in [-0.3, -0.25) is 19.8 Å². The predicted octanol–water partition coefficient (Wildman–Crippen LogP) is 2.64. The van der Waals surface area contributed by atoms with E-state index >= 15 is 0 Å². The number of likely N-dealkylation sites (N-methyl/N-ethyl adjacent to an activating group) is 1. The van der Waals surface area contributed by atoms with E-state index in [4.69, 9.17) is 16.3 Å². The maximum Gasteiger partial charge on any atom is 0.322 e. The number of benzene rings is 2. The average Bonchev–Trinajstić information content (AvgIpc) is 3.33. The number of rotatable bonds is 9. The summed E-state index contributed by atoms with van der Waals surface area (Å²) in [5.41, 5.74) is 2.93. The fraction of sp³-hybridized carbons (Fsp3) is 0.318. The molecule has 0 spiro atoms. The molecule has 3 rings (SSSR count). The molecular formula is C22H25ClN6O3. The van der Waals surface area contributed by atoms with Crippen LogP contribution in [0.2, 0.25) is 5.02 Å². The van der Waals surface area contributed by atoms with Crippen LogP contribution in [0.5, 0.6) is 0 Å². The Labute approximate surface area is 191 Å². The van der Waals surface area contributed by atoms with E-state index in [1.807, 2.05) is 48.5 Å². The summed E-state index contributed by atoms with van der Waals surface area (Å²) in [6, 6.07) is 14.1. The molecule has 9 nitrogen and oxygen atoms in total. The smallest absolute Gasteiger partial charge is 0.322 e. The number of nitrogens with zero attached hydrogens (tertiary/aromatic N) is 4. The molecule has 1 unspecified atom stereocenters. The van der Waals surface area contributed by atoms with Crippen LogP contribution in [0.3, 0.4) is 0 Å². The molecule has 0 saturated heterocycles. The lowest BCUT2D eigenvalue weighted by Gasteiger charge is -2.25. The van der Waals surface area contributed by atoms with Crippen molar-refractivity contribution in [1.82, 2.24) is 25.9 Å². The number of aromatic amines is 1. The minimum Gasteiger partial charge on any atom is -0.465 e. The zero-order valence-electron chi connectivity index (χ0n) is 18.1. The van der Waals surface area contributed by atoms with Crippen molar-refractivity contribution in [1.29, 1.82) is 0 Å². The lowest BCUT2D eigenvalue weighted by molar-refractivity contribution is -0.145. The van der Waals surface area contributed by atoms with Crippen molar-refractivity contribution in [3.05, 3.63) is 59.1 Å². The highest BCUT2D eigenvalue weighted by Crippen LogP contribution is 2.23. The first-order valence-corrected chi connectivity index (χ1v) is 10.6. The molecule has 0 aliphatic carbocycles. The SMILES string of the molecule is CCOC(=O)[C@H](C)NC(Cc1ccc(-c2cccc(Cl)c2)cc1)C(=O)N(C)c1nn[nH]n1. The van der Waals surface area contributed by atoms with Crippen molar-refractivity contribution >= 4 is 29.4 Å². The van der Waals surface area contributed by atoms with Gasteiger partial charge in [-0.15, -0.1) is 5.10 Å².